The first-order valence-electron chi connectivity index (χ1n) is 9.21. The van der Waals surface area contributed by atoms with Crippen LogP contribution in [0.5, 0.6) is 0 Å². The summed E-state index contributed by atoms with van der Waals surface area (Å²) in [7, 11) is 0. The molecule has 30 heavy (non-hydrogen) atoms. The van der Waals surface area contributed by atoms with Crippen LogP contribution >= 0.6 is 23.2 Å². The Kier molecular flexibility index (Phi) is 5.83. The standard InChI is InChI=1S/C21H17Cl2N5O2/c22-15-6-7-18(23)16(10-15)20(29)24-8-9-28-19-17(11-26-28)21(30)27(13-25-19)12-14-4-2-1-3-5-14/h1-7,10-11,13H,8-9,12H2,(H,24,29). The number of nitrogens with zero attached hydrogens (tertiary/aromatic N) is 4. The number of halogens is 2. The van der Waals surface area contributed by atoms with E-state index in [1.165, 1.54) is 18.6 Å². The zero-order valence-corrected chi connectivity index (χ0v) is 17.3. The molecule has 152 valence electrons. The number of hydrogen-bond acceptors (Lipinski definition) is 4. The SMILES string of the molecule is O=C(NCCn1ncc2c(=O)n(Cc3ccccc3)cnc21)c1cc(Cl)ccc1Cl. The van der Waals surface area contributed by atoms with Crippen LogP contribution in [0.1, 0.15) is 15.9 Å². The Balaban J connectivity index is 1.46. The summed E-state index contributed by atoms with van der Waals surface area (Å²) in [5.41, 5.74) is 1.62. The van der Waals surface area contributed by atoms with Gasteiger partial charge in [0.2, 0.25) is 0 Å². The quantitative estimate of drug-likeness (QED) is 0.497. The van der Waals surface area contributed by atoms with Crippen molar-refractivity contribution in [2.24, 2.45) is 0 Å². The van der Waals surface area contributed by atoms with Crippen molar-refractivity contribution in [2.45, 2.75) is 13.1 Å². The van der Waals surface area contributed by atoms with Crippen molar-refractivity contribution in [1.82, 2.24) is 24.6 Å². The molecule has 7 nitrogen and oxygen atoms in total. The summed E-state index contributed by atoms with van der Waals surface area (Å²) in [5.74, 6) is -0.336. The molecular weight excluding hydrogens is 425 g/mol. The van der Waals surface area contributed by atoms with E-state index in [1.54, 1.807) is 21.4 Å². The summed E-state index contributed by atoms with van der Waals surface area (Å²) < 4.78 is 3.13. The van der Waals surface area contributed by atoms with Crippen LogP contribution in [0.15, 0.2) is 65.8 Å². The monoisotopic (exact) mass is 441 g/mol. The van der Waals surface area contributed by atoms with Gasteiger partial charge in [0, 0.05) is 11.6 Å². The molecule has 0 saturated carbocycles. The molecule has 0 atom stereocenters. The van der Waals surface area contributed by atoms with Gasteiger partial charge < -0.3 is 5.32 Å². The second-order valence-corrected chi connectivity index (χ2v) is 7.49. The van der Waals surface area contributed by atoms with Crippen molar-refractivity contribution < 1.29 is 4.79 Å². The highest BCUT2D eigenvalue weighted by Crippen LogP contribution is 2.20. The van der Waals surface area contributed by atoms with Gasteiger partial charge in [0.05, 0.1) is 29.9 Å². The molecule has 2 heterocycles. The van der Waals surface area contributed by atoms with Gasteiger partial charge in [-0.25, -0.2) is 9.67 Å². The predicted molar refractivity (Wildman–Crippen MR) is 116 cm³/mol. The van der Waals surface area contributed by atoms with Crippen molar-refractivity contribution in [2.75, 3.05) is 6.54 Å². The minimum atomic E-state index is -0.336. The van der Waals surface area contributed by atoms with Crippen LogP contribution in [0.2, 0.25) is 10.0 Å². The second-order valence-electron chi connectivity index (χ2n) is 6.65. The average molecular weight is 442 g/mol. The van der Waals surface area contributed by atoms with Crippen molar-refractivity contribution in [1.29, 1.82) is 0 Å². The van der Waals surface area contributed by atoms with E-state index in [0.29, 0.717) is 39.7 Å². The van der Waals surface area contributed by atoms with Crippen LogP contribution < -0.4 is 10.9 Å². The van der Waals surface area contributed by atoms with E-state index in [0.717, 1.165) is 5.56 Å². The third kappa shape index (κ3) is 4.22. The molecule has 0 aliphatic rings. The molecule has 9 heteroatoms. The highest BCUT2D eigenvalue weighted by atomic mass is 35.5. The molecule has 0 bridgehead atoms. The van der Waals surface area contributed by atoms with Crippen LogP contribution in [-0.2, 0) is 13.1 Å². The first-order chi connectivity index (χ1) is 14.5. The van der Waals surface area contributed by atoms with Crippen LogP contribution in [0.3, 0.4) is 0 Å². The molecule has 0 aliphatic heterocycles. The van der Waals surface area contributed by atoms with Gasteiger partial charge >= 0.3 is 0 Å². The molecule has 1 N–H and O–H groups in total. The summed E-state index contributed by atoms with van der Waals surface area (Å²) in [6.07, 6.45) is 3.02. The molecule has 0 radical (unpaired) electrons. The van der Waals surface area contributed by atoms with Gasteiger partial charge in [0.15, 0.2) is 5.65 Å². The second kappa shape index (κ2) is 8.69. The number of carbonyl (C=O) groups is 1. The van der Waals surface area contributed by atoms with E-state index in [1.807, 2.05) is 30.3 Å². The van der Waals surface area contributed by atoms with Crippen molar-refractivity contribution in [3.8, 4) is 0 Å². The van der Waals surface area contributed by atoms with Gasteiger partial charge in [-0.3, -0.25) is 14.2 Å². The molecule has 1 amide bonds. The minimum absolute atomic E-state index is 0.162. The van der Waals surface area contributed by atoms with E-state index in [2.05, 4.69) is 15.4 Å². The zero-order valence-electron chi connectivity index (χ0n) is 15.8. The summed E-state index contributed by atoms with van der Waals surface area (Å²) in [6, 6.07) is 14.4. The first kappa shape index (κ1) is 20.1. The highest BCUT2D eigenvalue weighted by molar-refractivity contribution is 6.35. The third-order valence-electron chi connectivity index (χ3n) is 4.60. The number of amides is 1. The van der Waals surface area contributed by atoms with Crippen molar-refractivity contribution >= 4 is 40.1 Å². The van der Waals surface area contributed by atoms with Crippen LogP contribution in [0.25, 0.3) is 11.0 Å². The fourth-order valence-corrected chi connectivity index (χ4v) is 3.47. The maximum atomic E-state index is 12.8. The smallest absolute Gasteiger partial charge is 0.264 e. The van der Waals surface area contributed by atoms with Crippen LogP contribution in [-0.4, -0.2) is 31.8 Å². The number of benzene rings is 2. The first-order valence-corrected chi connectivity index (χ1v) is 9.96. The average Bonchev–Trinajstić information content (AvgIpc) is 3.16. The minimum Gasteiger partial charge on any atom is -0.350 e. The summed E-state index contributed by atoms with van der Waals surface area (Å²) in [6.45, 7) is 1.07. The normalized spacial score (nSPS) is 11.0. The fourth-order valence-electron chi connectivity index (χ4n) is 3.10. The Labute approximate surface area is 181 Å². The predicted octanol–water partition coefficient (Wildman–Crippen LogP) is 3.38. The molecule has 0 fully saturated rings. The molecule has 0 unspecified atom stereocenters. The maximum absolute atomic E-state index is 12.8. The Bertz CT molecular complexity index is 1270. The maximum Gasteiger partial charge on any atom is 0.264 e. The molecule has 0 aliphatic carbocycles. The summed E-state index contributed by atoms with van der Waals surface area (Å²) in [4.78, 5) is 29.5. The lowest BCUT2D eigenvalue weighted by atomic mass is 10.2. The molecular formula is C21H17Cl2N5O2. The molecule has 2 aromatic heterocycles. The third-order valence-corrected chi connectivity index (χ3v) is 5.16. The zero-order chi connectivity index (χ0) is 21.1. The summed E-state index contributed by atoms with van der Waals surface area (Å²) >= 11 is 12.0. The van der Waals surface area contributed by atoms with Gasteiger partial charge in [-0.2, -0.15) is 5.10 Å². The number of fused-ring (bicyclic) bond motifs is 1. The molecule has 4 aromatic rings. The summed E-state index contributed by atoms with van der Waals surface area (Å²) in [5, 5.41) is 8.20. The van der Waals surface area contributed by atoms with E-state index in [9.17, 15) is 9.59 Å². The number of aromatic nitrogens is 4. The van der Waals surface area contributed by atoms with Crippen LogP contribution in [0, 0.1) is 0 Å². The lowest BCUT2D eigenvalue weighted by Crippen LogP contribution is -2.28. The highest BCUT2D eigenvalue weighted by Gasteiger charge is 2.13. The van der Waals surface area contributed by atoms with Crippen molar-refractivity contribution in [3.63, 3.8) is 0 Å². The van der Waals surface area contributed by atoms with E-state index < -0.39 is 0 Å². The lowest BCUT2D eigenvalue weighted by Gasteiger charge is -2.08. The molecule has 2 aromatic carbocycles. The Morgan fingerprint density at radius 2 is 1.90 bits per heavy atom. The fraction of sp³-hybridized carbons (Fsp3) is 0.143. The Morgan fingerprint density at radius 3 is 2.70 bits per heavy atom. The van der Waals surface area contributed by atoms with Gasteiger partial charge in [0.25, 0.3) is 11.5 Å². The van der Waals surface area contributed by atoms with Gasteiger partial charge in [-0.05, 0) is 23.8 Å². The Hall–Kier alpha value is -3.16. The number of hydrogen-bond donors (Lipinski definition) is 1. The van der Waals surface area contributed by atoms with Crippen LogP contribution in [0.4, 0.5) is 0 Å². The lowest BCUT2D eigenvalue weighted by molar-refractivity contribution is 0.0952. The molecule has 0 spiro atoms. The largest absolute Gasteiger partial charge is 0.350 e. The van der Waals surface area contributed by atoms with Gasteiger partial charge in [-0.1, -0.05) is 53.5 Å². The van der Waals surface area contributed by atoms with E-state index in [4.69, 9.17) is 23.2 Å². The van der Waals surface area contributed by atoms with Gasteiger partial charge in [0.1, 0.15) is 11.7 Å². The molecule has 4 rings (SSSR count). The van der Waals surface area contributed by atoms with E-state index >= 15 is 0 Å². The van der Waals surface area contributed by atoms with E-state index in [-0.39, 0.29) is 18.0 Å². The van der Waals surface area contributed by atoms with Crippen molar-refractivity contribution in [3.05, 3.63) is 92.6 Å². The molecule has 0 saturated heterocycles. The number of carbonyl (C=O) groups excluding carboxylic acids is 1. The number of nitrogens with one attached hydrogen (secondary N) is 1. The topological polar surface area (TPSA) is 81.8 Å². The Morgan fingerprint density at radius 1 is 1.10 bits per heavy atom. The van der Waals surface area contributed by atoms with Gasteiger partial charge in [-0.15, -0.1) is 0 Å². The number of rotatable bonds is 6.